The van der Waals surface area contributed by atoms with Gasteiger partial charge in [-0.3, -0.25) is 10.1 Å². The number of esters is 1. The number of nitrogens with one attached hydrogen (secondary N) is 1. The standard InChI is InChI=1S/C12H22N4O2/c1-5-7-10(12(17)18-6-2)14-9(3)11-15-13-8-16(11)4/h8-10,14H,5-7H2,1-4H3. The molecule has 102 valence electrons. The molecule has 0 aliphatic rings. The van der Waals surface area contributed by atoms with Crippen LogP contribution in [0.25, 0.3) is 0 Å². The molecule has 1 aromatic rings. The average molecular weight is 254 g/mol. The zero-order chi connectivity index (χ0) is 13.5. The van der Waals surface area contributed by atoms with E-state index in [4.69, 9.17) is 4.74 Å². The maximum Gasteiger partial charge on any atom is 0.323 e. The van der Waals surface area contributed by atoms with Gasteiger partial charge in [0.1, 0.15) is 18.2 Å². The van der Waals surface area contributed by atoms with E-state index in [1.807, 2.05) is 32.4 Å². The van der Waals surface area contributed by atoms with Crippen molar-refractivity contribution in [3.05, 3.63) is 12.2 Å². The highest BCUT2D eigenvalue weighted by Crippen LogP contribution is 2.11. The van der Waals surface area contributed by atoms with Crippen LogP contribution in [0.5, 0.6) is 0 Å². The maximum atomic E-state index is 11.8. The Morgan fingerprint density at radius 1 is 1.56 bits per heavy atom. The van der Waals surface area contributed by atoms with Gasteiger partial charge < -0.3 is 9.30 Å². The Labute approximate surface area is 108 Å². The molecule has 1 N–H and O–H groups in total. The van der Waals surface area contributed by atoms with Gasteiger partial charge in [-0.25, -0.2) is 0 Å². The molecule has 1 rings (SSSR count). The number of aromatic nitrogens is 3. The average Bonchev–Trinajstić information content (AvgIpc) is 2.75. The predicted molar refractivity (Wildman–Crippen MR) is 67.9 cm³/mol. The van der Waals surface area contributed by atoms with Gasteiger partial charge >= 0.3 is 5.97 Å². The van der Waals surface area contributed by atoms with Crippen LogP contribution in [0.15, 0.2) is 6.33 Å². The number of rotatable bonds is 7. The maximum absolute atomic E-state index is 11.8. The summed E-state index contributed by atoms with van der Waals surface area (Å²) in [6.45, 7) is 6.22. The van der Waals surface area contributed by atoms with Gasteiger partial charge in [-0.05, 0) is 20.3 Å². The minimum atomic E-state index is -0.290. The van der Waals surface area contributed by atoms with Crippen molar-refractivity contribution >= 4 is 5.97 Å². The summed E-state index contributed by atoms with van der Waals surface area (Å²) in [6, 6.07) is -0.333. The second-order valence-electron chi connectivity index (χ2n) is 4.28. The number of carbonyl (C=O) groups excluding carboxylic acids is 1. The molecule has 6 heteroatoms. The van der Waals surface area contributed by atoms with Gasteiger partial charge in [0.25, 0.3) is 0 Å². The SMILES string of the molecule is CCCC(NC(C)c1nncn1C)C(=O)OCC. The Kier molecular flexibility index (Phi) is 5.77. The highest BCUT2D eigenvalue weighted by Gasteiger charge is 2.22. The smallest absolute Gasteiger partial charge is 0.323 e. The summed E-state index contributed by atoms with van der Waals surface area (Å²) in [5, 5.41) is 11.1. The largest absolute Gasteiger partial charge is 0.465 e. The van der Waals surface area contributed by atoms with E-state index in [2.05, 4.69) is 15.5 Å². The van der Waals surface area contributed by atoms with Crippen molar-refractivity contribution in [2.24, 2.45) is 7.05 Å². The molecule has 2 atom stereocenters. The lowest BCUT2D eigenvalue weighted by Crippen LogP contribution is -2.40. The fraction of sp³-hybridized carbons (Fsp3) is 0.750. The highest BCUT2D eigenvalue weighted by molar-refractivity contribution is 5.75. The fourth-order valence-corrected chi connectivity index (χ4v) is 1.86. The second-order valence-corrected chi connectivity index (χ2v) is 4.28. The molecule has 6 nitrogen and oxygen atoms in total. The minimum absolute atomic E-state index is 0.0431. The summed E-state index contributed by atoms with van der Waals surface area (Å²) in [7, 11) is 1.88. The monoisotopic (exact) mass is 254 g/mol. The van der Waals surface area contributed by atoms with E-state index in [1.165, 1.54) is 0 Å². The van der Waals surface area contributed by atoms with Crippen molar-refractivity contribution in [2.45, 2.75) is 45.7 Å². The molecular formula is C12H22N4O2. The van der Waals surface area contributed by atoms with Crippen molar-refractivity contribution in [2.75, 3.05) is 6.61 Å². The number of hydrogen-bond donors (Lipinski definition) is 1. The van der Waals surface area contributed by atoms with Gasteiger partial charge in [-0.15, -0.1) is 10.2 Å². The van der Waals surface area contributed by atoms with E-state index >= 15 is 0 Å². The van der Waals surface area contributed by atoms with Crippen LogP contribution in [0, 0.1) is 0 Å². The normalized spacial score (nSPS) is 14.2. The topological polar surface area (TPSA) is 69.0 Å². The first-order valence-electron chi connectivity index (χ1n) is 6.36. The summed E-state index contributed by atoms with van der Waals surface area (Å²) in [5.74, 6) is 0.605. The van der Waals surface area contributed by atoms with E-state index in [0.717, 1.165) is 18.7 Å². The second kappa shape index (κ2) is 7.10. The molecule has 18 heavy (non-hydrogen) atoms. The first-order chi connectivity index (χ1) is 8.60. The van der Waals surface area contributed by atoms with E-state index in [1.54, 1.807) is 6.33 Å². The zero-order valence-electron chi connectivity index (χ0n) is 11.5. The summed E-state index contributed by atoms with van der Waals surface area (Å²) in [4.78, 5) is 11.8. The summed E-state index contributed by atoms with van der Waals surface area (Å²) in [6.07, 6.45) is 3.32. The van der Waals surface area contributed by atoms with Crippen LogP contribution in [0.1, 0.15) is 45.5 Å². The Morgan fingerprint density at radius 3 is 2.78 bits per heavy atom. The summed E-state index contributed by atoms with van der Waals surface area (Å²) in [5.41, 5.74) is 0. The van der Waals surface area contributed by atoms with Gasteiger partial charge in [-0.2, -0.15) is 0 Å². The molecular weight excluding hydrogens is 232 g/mol. The van der Waals surface area contributed by atoms with E-state index in [0.29, 0.717) is 6.61 Å². The molecule has 0 aromatic carbocycles. The van der Waals surface area contributed by atoms with Crippen molar-refractivity contribution in [3.8, 4) is 0 Å². The van der Waals surface area contributed by atoms with Gasteiger partial charge in [0, 0.05) is 7.05 Å². The molecule has 0 saturated heterocycles. The molecule has 0 saturated carbocycles. The third-order valence-corrected chi connectivity index (χ3v) is 2.73. The minimum Gasteiger partial charge on any atom is -0.465 e. The van der Waals surface area contributed by atoms with Crippen molar-refractivity contribution in [3.63, 3.8) is 0 Å². The number of ether oxygens (including phenoxy) is 1. The van der Waals surface area contributed by atoms with Crippen LogP contribution >= 0.6 is 0 Å². The Balaban J connectivity index is 2.66. The lowest BCUT2D eigenvalue weighted by molar-refractivity contribution is -0.146. The van der Waals surface area contributed by atoms with Crippen LogP contribution < -0.4 is 5.32 Å². The lowest BCUT2D eigenvalue weighted by Gasteiger charge is -2.20. The van der Waals surface area contributed by atoms with Gasteiger partial charge in [0.15, 0.2) is 0 Å². The lowest BCUT2D eigenvalue weighted by atomic mass is 10.1. The third kappa shape index (κ3) is 3.80. The number of nitrogens with zero attached hydrogens (tertiary/aromatic N) is 3. The van der Waals surface area contributed by atoms with Crippen molar-refractivity contribution in [1.29, 1.82) is 0 Å². The Hall–Kier alpha value is -1.43. The zero-order valence-corrected chi connectivity index (χ0v) is 11.5. The van der Waals surface area contributed by atoms with Crippen LogP contribution in [0.2, 0.25) is 0 Å². The predicted octanol–water partition coefficient (Wildman–Crippen LogP) is 1.20. The molecule has 0 radical (unpaired) electrons. The van der Waals surface area contributed by atoms with E-state index in [9.17, 15) is 4.79 Å². The number of hydrogen-bond acceptors (Lipinski definition) is 5. The molecule has 0 aliphatic heterocycles. The number of aryl methyl sites for hydroxylation is 1. The van der Waals surface area contributed by atoms with Crippen LogP contribution in [-0.4, -0.2) is 33.4 Å². The first kappa shape index (κ1) is 14.6. The van der Waals surface area contributed by atoms with Crippen molar-refractivity contribution in [1.82, 2.24) is 20.1 Å². The van der Waals surface area contributed by atoms with Crippen molar-refractivity contribution < 1.29 is 9.53 Å². The molecule has 0 bridgehead atoms. The van der Waals surface area contributed by atoms with Crippen LogP contribution in [-0.2, 0) is 16.6 Å². The number of carbonyl (C=O) groups is 1. The molecule has 1 aromatic heterocycles. The third-order valence-electron chi connectivity index (χ3n) is 2.73. The Morgan fingerprint density at radius 2 is 2.28 bits per heavy atom. The fourth-order valence-electron chi connectivity index (χ4n) is 1.86. The molecule has 1 heterocycles. The quantitative estimate of drug-likeness (QED) is 0.740. The van der Waals surface area contributed by atoms with E-state index < -0.39 is 0 Å². The molecule has 0 amide bonds. The molecule has 2 unspecified atom stereocenters. The molecule has 0 aliphatic carbocycles. The molecule has 0 fully saturated rings. The van der Waals surface area contributed by atoms with Crippen LogP contribution in [0.4, 0.5) is 0 Å². The summed E-state index contributed by atoms with van der Waals surface area (Å²) >= 11 is 0. The van der Waals surface area contributed by atoms with E-state index in [-0.39, 0.29) is 18.1 Å². The first-order valence-corrected chi connectivity index (χ1v) is 6.36. The summed E-state index contributed by atoms with van der Waals surface area (Å²) < 4.78 is 6.90. The highest BCUT2D eigenvalue weighted by atomic mass is 16.5. The van der Waals surface area contributed by atoms with Gasteiger partial charge in [0.2, 0.25) is 0 Å². The molecule has 0 spiro atoms. The van der Waals surface area contributed by atoms with Crippen LogP contribution in [0.3, 0.4) is 0 Å². The van der Waals surface area contributed by atoms with Gasteiger partial charge in [0.05, 0.1) is 12.6 Å². The Bertz CT molecular complexity index is 378. The van der Waals surface area contributed by atoms with Gasteiger partial charge in [-0.1, -0.05) is 13.3 Å².